The van der Waals surface area contributed by atoms with Gasteiger partial charge in [-0.3, -0.25) is 4.79 Å². The highest BCUT2D eigenvalue weighted by molar-refractivity contribution is 5.74. The molecular weight excluding hydrogens is 176 g/mol. The van der Waals surface area contributed by atoms with Gasteiger partial charge in [0.1, 0.15) is 12.0 Å². The Morgan fingerprint density at radius 3 is 2.43 bits per heavy atom. The summed E-state index contributed by atoms with van der Waals surface area (Å²) in [6.45, 7) is 5.65. The first-order valence-electron chi connectivity index (χ1n) is 4.47. The molecule has 0 N–H and O–H groups in total. The average Bonchev–Trinajstić information content (AvgIpc) is 2.27. The highest BCUT2D eigenvalue weighted by Gasteiger charge is 2.08. The van der Waals surface area contributed by atoms with Crippen LogP contribution in [0.4, 0.5) is 0 Å². The fourth-order valence-corrected chi connectivity index (χ4v) is 1.21. The Hall–Kier alpha value is -1.57. The highest BCUT2D eigenvalue weighted by Crippen LogP contribution is 2.23. The third-order valence-electron chi connectivity index (χ3n) is 2.32. The maximum absolute atomic E-state index is 10.5. The van der Waals surface area contributed by atoms with Crippen molar-refractivity contribution in [1.29, 1.82) is 0 Å². The van der Waals surface area contributed by atoms with E-state index >= 15 is 0 Å². The van der Waals surface area contributed by atoms with Gasteiger partial charge in [0.15, 0.2) is 0 Å². The molecule has 1 atom stereocenters. The van der Waals surface area contributed by atoms with E-state index in [4.69, 9.17) is 4.74 Å². The summed E-state index contributed by atoms with van der Waals surface area (Å²) in [6.07, 6.45) is 0.800. The summed E-state index contributed by atoms with van der Waals surface area (Å²) >= 11 is 0. The fourth-order valence-electron chi connectivity index (χ4n) is 1.21. The van der Waals surface area contributed by atoms with Gasteiger partial charge in [0.25, 0.3) is 0 Å². The van der Waals surface area contributed by atoms with E-state index in [0.717, 1.165) is 17.6 Å². The molecule has 0 aliphatic heterocycles. The van der Waals surface area contributed by atoms with Crippen LogP contribution < -0.4 is 4.74 Å². The van der Waals surface area contributed by atoms with Crippen LogP contribution in [0.3, 0.4) is 0 Å². The summed E-state index contributed by atoms with van der Waals surface area (Å²) < 4.78 is 5.04. The first kappa shape index (κ1) is 10.5. The van der Waals surface area contributed by atoms with E-state index in [0.29, 0.717) is 5.57 Å². The van der Waals surface area contributed by atoms with Crippen molar-refractivity contribution < 1.29 is 9.53 Å². The smallest absolute Gasteiger partial charge is 0.146 e. The van der Waals surface area contributed by atoms with E-state index in [9.17, 15) is 4.79 Å². The van der Waals surface area contributed by atoms with Crippen molar-refractivity contribution in [2.75, 3.05) is 7.11 Å². The number of allylic oxidation sites excluding steroid dienone is 1. The first-order valence-corrected chi connectivity index (χ1v) is 4.47. The van der Waals surface area contributed by atoms with Crippen molar-refractivity contribution in [3.05, 3.63) is 42.0 Å². The molecule has 0 aromatic heterocycles. The molecule has 0 amide bonds. The number of rotatable bonds is 4. The molecular formula is C12H14O2. The minimum Gasteiger partial charge on any atom is -0.497 e. The summed E-state index contributed by atoms with van der Waals surface area (Å²) in [7, 11) is 1.63. The zero-order valence-corrected chi connectivity index (χ0v) is 8.49. The molecule has 0 heterocycles. The largest absolute Gasteiger partial charge is 0.497 e. The summed E-state index contributed by atoms with van der Waals surface area (Å²) in [4.78, 5) is 10.5. The van der Waals surface area contributed by atoms with Crippen molar-refractivity contribution in [3.63, 3.8) is 0 Å². The number of aldehydes is 1. The lowest BCUT2D eigenvalue weighted by Crippen LogP contribution is -1.97. The van der Waals surface area contributed by atoms with E-state index in [2.05, 4.69) is 6.58 Å². The zero-order valence-electron chi connectivity index (χ0n) is 8.49. The van der Waals surface area contributed by atoms with Crippen molar-refractivity contribution in [2.45, 2.75) is 12.8 Å². The highest BCUT2D eigenvalue weighted by atomic mass is 16.5. The topological polar surface area (TPSA) is 26.3 Å². The number of benzene rings is 1. The predicted molar refractivity (Wildman–Crippen MR) is 56.6 cm³/mol. The number of methoxy groups -OCH3 is 1. The molecule has 0 bridgehead atoms. The van der Waals surface area contributed by atoms with Gasteiger partial charge in [-0.1, -0.05) is 25.6 Å². The Labute approximate surface area is 84.2 Å². The van der Waals surface area contributed by atoms with Crippen LogP contribution in [0, 0.1) is 0 Å². The summed E-state index contributed by atoms with van der Waals surface area (Å²) in [5, 5.41) is 0. The first-order chi connectivity index (χ1) is 6.69. The van der Waals surface area contributed by atoms with E-state index < -0.39 is 0 Å². The third kappa shape index (κ3) is 2.22. The van der Waals surface area contributed by atoms with Crippen LogP contribution in [-0.2, 0) is 4.79 Å². The van der Waals surface area contributed by atoms with Crippen LogP contribution >= 0.6 is 0 Å². The molecule has 2 heteroatoms. The van der Waals surface area contributed by atoms with Crippen LogP contribution in [0.15, 0.2) is 36.4 Å². The van der Waals surface area contributed by atoms with Gasteiger partial charge in [-0.2, -0.15) is 0 Å². The van der Waals surface area contributed by atoms with Crippen LogP contribution in [0.2, 0.25) is 0 Å². The van der Waals surface area contributed by atoms with Crippen molar-refractivity contribution in [1.82, 2.24) is 0 Å². The second kappa shape index (κ2) is 4.61. The molecule has 0 unspecified atom stereocenters. The van der Waals surface area contributed by atoms with E-state index in [1.54, 1.807) is 7.11 Å². The number of hydrogen-bond acceptors (Lipinski definition) is 2. The molecule has 2 nitrogen and oxygen atoms in total. The van der Waals surface area contributed by atoms with Gasteiger partial charge in [0, 0.05) is 5.92 Å². The van der Waals surface area contributed by atoms with Crippen LogP contribution in [0.1, 0.15) is 18.4 Å². The Balaban J connectivity index is 2.86. The molecule has 1 rings (SSSR count). The normalized spacial score (nSPS) is 11.9. The molecule has 0 spiro atoms. The second-order valence-corrected chi connectivity index (χ2v) is 3.19. The Morgan fingerprint density at radius 2 is 2.00 bits per heavy atom. The quantitative estimate of drug-likeness (QED) is 0.538. The number of carbonyl (C=O) groups is 1. The maximum atomic E-state index is 10.5. The van der Waals surface area contributed by atoms with Gasteiger partial charge in [-0.15, -0.1) is 0 Å². The molecule has 0 fully saturated rings. The molecule has 0 saturated heterocycles. The zero-order chi connectivity index (χ0) is 10.6. The summed E-state index contributed by atoms with van der Waals surface area (Å²) in [5.41, 5.74) is 1.66. The van der Waals surface area contributed by atoms with Gasteiger partial charge in [-0.25, -0.2) is 0 Å². The van der Waals surface area contributed by atoms with Crippen LogP contribution in [0.25, 0.3) is 0 Å². The summed E-state index contributed by atoms with van der Waals surface area (Å²) in [6, 6.07) is 7.64. The molecule has 0 saturated carbocycles. The van der Waals surface area contributed by atoms with E-state index in [1.165, 1.54) is 0 Å². The van der Waals surface area contributed by atoms with Gasteiger partial charge in [-0.05, 0) is 23.3 Å². The average molecular weight is 190 g/mol. The molecule has 74 valence electrons. The number of hydrogen-bond donors (Lipinski definition) is 0. The van der Waals surface area contributed by atoms with E-state index in [-0.39, 0.29) is 5.92 Å². The van der Waals surface area contributed by atoms with Crippen LogP contribution in [0.5, 0.6) is 5.75 Å². The van der Waals surface area contributed by atoms with Crippen molar-refractivity contribution >= 4 is 6.29 Å². The lowest BCUT2D eigenvalue weighted by Gasteiger charge is -2.10. The number of carbonyl (C=O) groups excluding carboxylic acids is 1. The SMILES string of the molecule is C=C(C=O)[C@H](C)c1ccc(OC)cc1. The molecule has 14 heavy (non-hydrogen) atoms. The van der Waals surface area contributed by atoms with Gasteiger partial charge >= 0.3 is 0 Å². The molecule has 0 aliphatic carbocycles. The molecule has 1 aromatic rings. The minimum absolute atomic E-state index is 0.0680. The van der Waals surface area contributed by atoms with Gasteiger partial charge in [0.05, 0.1) is 7.11 Å². The Bertz CT molecular complexity index is 325. The molecule has 1 aromatic carbocycles. The monoisotopic (exact) mass is 190 g/mol. The standard InChI is InChI=1S/C12H14O2/c1-9(8-13)10(2)11-4-6-12(14-3)7-5-11/h4-8,10H,1H2,2-3H3/t10-/m0/s1. The van der Waals surface area contributed by atoms with E-state index in [1.807, 2.05) is 31.2 Å². The van der Waals surface area contributed by atoms with Crippen LogP contribution in [-0.4, -0.2) is 13.4 Å². The predicted octanol–water partition coefficient (Wildman–Crippen LogP) is 2.55. The Morgan fingerprint density at radius 1 is 1.43 bits per heavy atom. The third-order valence-corrected chi connectivity index (χ3v) is 2.32. The lowest BCUT2D eigenvalue weighted by molar-refractivity contribution is -0.105. The molecule has 0 aliphatic rings. The number of ether oxygens (including phenoxy) is 1. The summed E-state index contributed by atoms with van der Waals surface area (Å²) in [5.74, 6) is 0.885. The Kier molecular flexibility index (Phi) is 3.46. The van der Waals surface area contributed by atoms with Gasteiger partial charge in [0.2, 0.25) is 0 Å². The second-order valence-electron chi connectivity index (χ2n) is 3.19. The maximum Gasteiger partial charge on any atom is 0.146 e. The lowest BCUT2D eigenvalue weighted by atomic mass is 9.95. The molecule has 0 radical (unpaired) electrons. The fraction of sp³-hybridized carbons (Fsp3) is 0.250. The van der Waals surface area contributed by atoms with Gasteiger partial charge < -0.3 is 4.74 Å². The minimum atomic E-state index is 0.0680. The van der Waals surface area contributed by atoms with Crippen molar-refractivity contribution in [2.24, 2.45) is 0 Å². The van der Waals surface area contributed by atoms with Crippen molar-refractivity contribution in [3.8, 4) is 5.75 Å².